The average Bonchev–Trinajstić information content (AvgIpc) is 2.48. The zero-order valence-electron chi connectivity index (χ0n) is 11.4. The fraction of sp³-hybridized carbons (Fsp3) is 0.188. The zero-order valence-corrected chi connectivity index (χ0v) is 11.4. The minimum absolute atomic E-state index is 0.0935. The normalized spacial score (nSPS) is 11.2. The van der Waals surface area contributed by atoms with E-state index in [1.807, 2.05) is 24.3 Å². The molecule has 0 bridgehead atoms. The van der Waals surface area contributed by atoms with Crippen molar-refractivity contribution in [1.82, 2.24) is 14.5 Å². The summed E-state index contributed by atoms with van der Waals surface area (Å²) in [5.41, 5.74) is 1.07. The van der Waals surface area contributed by atoms with Gasteiger partial charge in [-0.1, -0.05) is 13.8 Å². The summed E-state index contributed by atoms with van der Waals surface area (Å²) in [5.74, 6) is 1.04. The van der Waals surface area contributed by atoms with Crippen LogP contribution in [0.1, 0.15) is 25.3 Å². The van der Waals surface area contributed by atoms with Gasteiger partial charge in [-0.3, -0.25) is 14.3 Å². The average molecular weight is 265 g/mol. The number of hydrogen-bond acceptors (Lipinski definition) is 3. The Morgan fingerprint density at radius 1 is 1.15 bits per heavy atom. The van der Waals surface area contributed by atoms with E-state index in [4.69, 9.17) is 0 Å². The van der Waals surface area contributed by atoms with Crippen LogP contribution in [-0.2, 0) is 0 Å². The van der Waals surface area contributed by atoms with Gasteiger partial charge in [0.2, 0.25) is 0 Å². The second kappa shape index (κ2) is 4.89. The van der Waals surface area contributed by atoms with Crippen molar-refractivity contribution < 1.29 is 0 Å². The zero-order chi connectivity index (χ0) is 14.1. The first-order chi connectivity index (χ1) is 9.66. The van der Waals surface area contributed by atoms with E-state index in [0.717, 1.165) is 10.9 Å². The summed E-state index contributed by atoms with van der Waals surface area (Å²) in [5, 5.41) is 1.49. The lowest BCUT2D eigenvalue weighted by atomic mass is 10.1. The molecular weight excluding hydrogens is 250 g/mol. The Hall–Kier alpha value is -2.49. The summed E-state index contributed by atoms with van der Waals surface area (Å²) in [7, 11) is 0. The van der Waals surface area contributed by atoms with Gasteiger partial charge in [-0.05, 0) is 41.1 Å². The van der Waals surface area contributed by atoms with Crippen LogP contribution in [0.4, 0.5) is 0 Å². The van der Waals surface area contributed by atoms with Crippen molar-refractivity contribution >= 4 is 10.8 Å². The largest absolute Gasteiger partial charge is 0.268 e. The van der Waals surface area contributed by atoms with E-state index in [0.29, 0.717) is 17.1 Å². The topological polar surface area (TPSA) is 47.8 Å². The highest BCUT2D eigenvalue weighted by atomic mass is 16.1. The number of nitrogens with zero attached hydrogens (tertiary/aromatic N) is 3. The van der Waals surface area contributed by atoms with E-state index in [-0.39, 0.29) is 5.56 Å². The first-order valence-electron chi connectivity index (χ1n) is 6.58. The van der Waals surface area contributed by atoms with Gasteiger partial charge < -0.3 is 0 Å². The van der Waals surface area contributed by atoms with Crippen LogP contribution >= 0.6 is 0 Å². The molecule has 100 valence electrons. The fourth-order valence-corrected chi connectivity index (χ4v) is 2.19. The van der Waals surface area contributed by atoms with Crippen LogP contribution in [0.15, 0.2) is 53.8 Å². The lowest BCUT2D eigenvalue weighted by Crippen LogP contribution is -2.18. The molecule has 0 saturated heterocycles. The van der Waals surface area contributed by atoms with E-state index in [9.17, 15) is 4.79 Å². The van der Waals surface area contributed by atoms with Crippen molar-refractivity contribution in [1.29, 1.82) is 0 Å². The highest BCUT2D eigenvalue weighted by Gasteiger charge is 2.07. The van der Waals surface area contributed by atoms with Crippen molar-refractivity contribution in [2.24, 2.45) is 0 Å². The number of fused-ring (bicyclic) bond motifs is 1. The number of hydrogen-bond donors (Lipinski definition) is 0. The molecule has 0 aliphatic carbocycles. The molecule has 0 aliphatic rings. The molecule has 0 saturated carbocycles. The number of pyridine rings is 3. The lowest BCUT2D eigenvalue weighted by molar-refractivity contribution is 0.851. The smallest absolute Gasteiger partial charge is 0.265 e. The fourth-order valence-electron chi connectivity index (χ4n) is 2.19. The van der Waals surface area contributed by atoms with E-state index in [1.54, 1.807) is 29.4 Å². The molecule has 3 rings (SSSR count). The summed E-state index contributed by atoms with van der Waals surface area (Å²) in [6.45, 7) is 4.23. The van der Waals surface area contributed by atoms with Crippen LogP contribution in [0.5, 0.6) is 0 Å². The maximum atomic E-state index is 12.5. The summed E-state index contributed by atoms with van der Waals surface area (Å²) < 4.78 is 1.57. The maximum absolute atomic E-state index is 12.5. The molecule has 20 heavy (non-hydrogen) atoms. The van der Waals surface area contributed by atoms with Gasteiger partial charge in [-0.25, -0.2) is 4.98 Å². The van der Waals surface area contributed by atoms with Crippen molar-refractivity contribution in [3.63, 3.8) is 0 Å². The minimum atomic E-state index is -0.0935. The lowest BCUT2D eigenvalue weighted by Gasteiger charge is -2.09. The highest BCUT2D eigenvalue weighted by Crippen LogP contribution is 2.16. The monoisotopic (exact) mass is 265 g/mol. The van der Waals surface area contributed by atoms with Crippen LogP contribution in [0.3, 0.4) is 0 Å². The molecule has 0 spiro atoms. The summed E-state index contributed by atoms with van der Waals surface area (Å²) in [6.07, 6.45) is 6.78. The SMILES string of the molecule is CC(C)c1ccnc(-n2ccc3ccncc3c2=O)c1. The van der Waals surface area contributed by atoms with Gasteiger partial charge in [0.1, 0.15) is 5.82 Å². The van der Waals surface area contributed by atoms with Crippen molar-refractivity contribution in [2.75, 3.05) is 0 Å². The Balaban J connectivity index is 2.22. The first-order valence-corrected chi connectivity index (χ1v) is 6.58. The van der Waals surface area contributed by atoms with Crippen LogP contribution in [0.25, 0.3) is 16.6 Å². The molecular formula is C16H15N3O. The standard InChI is InChI=1S/C16H15N3O/c1-11(2)13-4-7-18-15(9-13)19-8-5-12-3-6-17-10-14(12)16(19)20/h3-11H,1-2H3. The minimum Gasteiger partial charge on any atom is -0.268 e. The van der Waals surface area contributed by atoms with E-state index >= 15 is 0 Å². The summed E-state index contributed by atoms with van der Waals surface area (Å²) in [4.78, 5) is 20.8. The van der Waals surface area contributed by atoms with Crippen molar-refractivity contribution in [3.05, 3.63) is 65.0 Å². The van der Waals surface area contributed by atoms with Gasteiger partial charge in [-0.15, -0.1) is 0 Å². The molecule has 0 amide bonds. The predicted octanol–water partition coefficient (Wildman–Crippen LogP) is 2.90. The second-order valence-electron chi connectivity index (χ2n) is 5.06. The molecule has 0 aliphatic heterocycles. The third-order valence-corrected chi connectivity index (χ3v) is 3.39. The van der Waals surface area contributed by atoms with Crippen molar-refractivity contribution in [2.45, 2.75) is 19.8 Å². The molecule has 3 heterocycles. The van der Waals surface area contributed by atoms with Gasteiger partial charge in [0.15, 0.2) is 0 Å². The second-order valence-corrected chi connectivity index (χ2v) is 5.06. The quantitative estimate of drug-likeness (QED) is 0.715. The van der Waals surface area contributed by atoms with Crippen LogP contribution in [0.2, 0.25) is 0 Å². The van der Waals surface area contributed by atoms with E-state index in [2.05, 4.69) is 23.8 Å². The Bertz CT molecular complexity index is 821. The molecule has 0 unspecified atom stereocenters. The molecule has 4 nitrogen and oxygen atoms in total. The van der Waals surface area contributed by atoms with Crippen molar-refractivity contribution in [3.8, 4) is 5.82 Å². The van der Waals surface area contributed by atoms with Gasteiger partial charge in [0.25, 0.3) is 5.56 Å². The molecule has 0 aromatic carbocycles. The van der Waals surface area contributed by atoms with Crippen LogP contribution in [-0.4, -0.2) is 14.5 Å². The number of aromatic nitrogens is 3. The van der Waals surface area contributed by atoms with Gasteiger partial charge in [-0.2, -0.15) is 0 Å². The molecule has 0 radical (unpaired) electrons. The molecule has 4 heteroatoms. The van der Waals surface area contributed by atoms with Crippen LogP contribution < -0.4 is 5.56 Å². The van der Waals surface area contributed by atoms with Gasteiger partial charge >= 0.3 is 0 Å². The Morgan fingerprint density at radius 3 is 2.80 bits per heavy atom. The third kappa shape index (κ3) is 2.09. The van der Waals surface area contributed by atoms with Gasteiger partial charge in [0, 0.05) is 24.8 Å². The van der Waals surface area contributed by atoms with E-state index < -0.39 is 0 Å². The molecule has 3 aromatic heterocycles. The van der Waals surface area contributed by atoms with E-state index in [1.165, 1.54) is 0 Å². The Labute approximate surface area is 116 Å². The Morgan fingerprint density at radius 2 is 2.00 bits per heavy atom. The molecule has 0 atom stereocenters. The molecule has 3 aromatic rings. The Kier molecular flexibility index (Phi) is 3.06. The molecule has 0 N–H and O–H groups in total. The summed E-state index contributed by atoms with van der Waals surface area (Å²) >= 11 is 0. The maximum Gasteiger partial charge on any atom is 0.265 e. The third-order valence-electron chi connectivity index (χ3n) is 3.39. The molecule has 0 fully saturated rings. The first kappa shape index (κ1) is 12.5. The van der Waals surface area contributed by atoms with Crippen LogP contribution in [0, 0.1) is 0 Å². The summed E-state index contributed by atoms with van der Waals surface area (Å²) in [6, 6.07) is 7.66. The number of rotatable bonds is 2. The highest BCUT2D eigenvalue weighted by molar-refractivity contribution is 5.80. The van der Waals surface area contributed by atoms with Gasteiger partial charge in [0.05, 0.1) is 5.39 Å². The predicted molar refractivity (Wildman–Crippen MR) is 79.2 cm³/mol.